The van der Waals surface area contributed by atoms with Gasteiger partial charge in [0.15, 0.2) is 0 Å². The number of benzene rings is 3. The first-order valence-corrected chi connectivity index (χ1v) is 12.2. The highest BCUT2D eigenvalue weighted by Crippen LogP contribution is 2.24. The van der Waals surface area contributed by atoms with E-state index in [1.165, 1.54) is 5.69 Å². The molecule has 0 spiro atoms. The van der Waals surface area contributed by atoms with Crippen LogP contribution in [0.25, 0.3) is 0 Å². The van der Waals surface area contributed by atoms with Gasteiger partial charge in [-0.3, -0.25) is 9.59 Å². The standard InChI is InChI=1S/C29H34N4O2/c1-3-19-33(20-4-2)26-17-15-23(16-18-26)21-31-32-27(34)22-30-29(35)28(24-11-7-5-8-12-24)25-13-9-6-10-14-25/h5-18,21,28H,3-4,19-20,22H2,1-2H3,(H,30,35)(H,32,34)/b31-21-. The van der Waals surface area contributed by atoms with Crippen molar-refractivity contribution in [3.05, 3.63) is 102 Å². The van der Waals surface area contributed by atoms with Crippen LogP contribution in [0.3, 0.4) is 0 Å². The van der Waals surface area contributed by atoms with Crippen LogP contribution in [-0.4, -0.2) is 37.7 Å². The smallest absolute Gasteiger partial charge is 0.259 e. The van der Waals surface area contributed by atoms with E-state index in [1.54, 1.807) is 6.21 Å². The van der Waals surface area contributed by atoms with E-state index < -0.39 is 5.92 Å². The van der Waals surface area contributed by atoms with Crippen LogP contribution in [0.15, 0.2) is 90.0 Å². The van der Waals surface area contributed by atoms with E-state index in [0.717, 1.165) is 42.6 Å². The number of anilines is 1. The first-order chi connectivity index (χ1) is 17.1. The minimum Gasteiger partial charge on any atom is -0.372 e. The minimum atomic E-state index is -0.493. The molecule has 0 radical (unpaired) electrons. The molecule has 2 amide bonds. The summed E-state index contributed by atoms with van der Waals surface area (Å²) in [5, 5.41) is 6.78. The van der Waals surface area contributed by atoms with Crippen LogP contribution < -0.4 is 15.6 Å². The average Bonchev–Trinajstić information content (AvgIpc) is 2.89. The van der Waals surface area contributed by atoms with Gasteiger partial charge in [-0.05, 0) is 41.7 Å². The van der Waals surface area contributed by atoms with Crippen molar-refractivity contribution in [1.82, 2.24) is 10.7 Å². The fourth-order valence-electron chi connectivity index (χ4n) is 3.96. The molecule has 0 aliphatic carbocycles. The zero-order valence-corrected chi connectivity index (χ0v) is 20.5. The first kappa shape index (κ1) is 25.7. The molecule has 3 rings (SSSR count). The quantitative estimate of drug-likeness (QED) is 0.297. The van der Waals surface area contributed by atoms with Gasteiger partial charge in [-0.25, -0.2) is 5.43 Å². The Morgan fingerprint density at radius 1 is 0.829 bits per heavy atom. The lowest BCUT2D eigenvalue weighted by atomic mass is 9.90. The third-order valence-electron chi connectivity index (χ3n) is 5.60. The molecule has 3 aromatic rings. The Balaban J connectivity index is 1.54. The number of carbonyl (C=O) groups is 2. The molecule has 0 bridgehead atoms. The Labute approximate surface area is 208 Å². The summed E-state index contributed by atoms with van der Waals surface area (Å²) in [7, 11) is 0. The lowest BCUT2D eigenvalue weighted by Gasteiger charge is -2.23. The molecule has 0 atom stereocenters. The Bertz CT molecular complexity index is 1040. The van der Waals surface area contributed by atoms with Crippen molar-refractivity contribution < 1.29 is 9.59 Å². The molecule has 6 heteroatoms. The number of nitrogens with one attached hydrogen (secondary N) is 2. The number of hydrazone groups is 1. The van der Waals surface area contributed by atoms with Crippen molar-refractivity contribution in [3.63, 3.8) is 0 Å². The second-order valence-electron chi connectivity index (χ2n) is 8.34. The number of nitrogens with zero attached hydrogens (tertiary/aromatic N) is 2. The summed E-state index contributed by atoms with van der Waals surface area (Å²) in [6, 6.07) is 27.2. The van der Waals surface area contributed by atoms with Crippen LogP contribution >= 0.6 is 0 Å². The van der Waals surface area contributed by atoms with Crippen molar-refractivity contribution in [2.75, 3.05) is 24.5 Å². The van der Waals surface area contributed by atoms with E-state index >= 15 is 0 Å². The van der Waals surface area contributed by atoms with Crippen molar-refractivity contribution in [2.45, 2.75) is 32.6 Å². The minimum absolute atomic E-state index is 0.158. The maximum absolute atomic E-state index is 13.0. The third kappa shape index (κ3) is 7.81. The molecule has 0 saturated heterocycles. The highest BCUT2D eigenvalue weighted by atomic mass is 16.2. The fraction of sp³-hybridized carbons (Fsp3) is 0.276. The van der Waals surface area contributed by atoms with Crippen LogP contribution in [0, 0.1) is 0 Å². The highest BCUT2D eigenvalue weighted by Gasteiger charge is 2.22. The molecule has 0 aromatic heterocycles. The third-order valence-corrected chi connectivity index (χ3v) is 5.60. The normalized spacial score (nSPS) is 10.9. The van der Waals surface area contributed by atoms with E-state index in [1.807, 2.05) is 72.8 Å². The molecule has 0 saturated carbocycles. The summed E-state index contributed by atoms with van der Waals surface area (Å²) in [4.78, 5) is 27.6. The molecular formula is C29H34N4O2. The molecule has 35 heavy (non-hydrogen) atoms. The zero-order chi connectivity index (χ0) is 24.9. The van der Waals surface area contributed by atoms with Crippen LogP contribution in [0.2, 0.25) is 0 Å². The molecule has 0 unspecified atom stereocenters. The van der Waals surface area contributed by atoms with E-state index in [4.69, 9.17) is 0 Å². The van der Waals surface area contributed by atoms with Crippen LogP contribution in [0.4, 0.5) is 5.69 Å². The van der Waals surface area contributed by atoms with Crippen molar-refractivity contribution in [1.29, 1.82) is 0 Å². The van der Waals surface area contributed by atoms with Crippen LogP contribution in [0.5, 0.6) is 0 Å². The van der Waals surface area contributed by atoms with E-state index in [9.17, 15) is 9.59 Å². The predicted molar refractivity (Wildman–Crippen MR) is 143 cm³/mol. The van der Waals surface area contributed by atoms with Gasteiger partial charge >= 0.3 is 0 Å². The second kappa shape index (κ2) is 13.7. The maximum Gasteiger partial charge on any atom is 0.259 e. The molecule has 182 valence electrons. The molecule has 3 aromatic carbocycles. The van der Waals surface area contributed by atoms with Gasteiger partial charge in [0.25, 0.3) is 5.91 Å². The number of carbonyl (C=O) groups excluding carboxylic acids is 2. The van der Waals surface area contributed by atoms with Crippen LogP contribution in [-0.2, 0) is 9.59 Å². The van der Waals surface area contributed by atoms with E-state index in [0.29, 0.717) is 0 Å². The Morgan fingerprint density at radius 3 is 1.89 bits per heavy atom. The van der Waals surface area contributed by atoms with Crippen molar-refractivity contribution in [3.8, 4) is 0 Å². The molecular weight excluding hydrogens is 436 g/mol. The molecule has 0 heterocycles. The number of rotatable bonds is 12. The summed E-state index contributed by atoms with van der Waals surface area (Å²) in [6.45, 7) is 6.25. The number of hydrogen-bond donors (Lipinski definition) is 2. The van der Waals surface area contributed by atoms with Gasteiger partial charge in [0.05, 0.1) is 18.7 Å². The van der Waals surface area contributed by atoms with Gasteiger partial charge in [-0.1, -0.05) is 86.6 Å². The Morgan fingerprint density at radius 2 is 1.37 bits per heavy atom. The Hall–Kier alpha value is -3.93. The second-order valence-corrected chi connectivity index (χ2v) is 8.34. The lowest BCUT2D eigenvalue weighted by Crippen LogP contribution is -2.37. The van der Waals surface area contributed by atoms with Gasteiger partial charge in [0, 0.05) is 18.8 Å². The largest absolute Gasteiger partial charge is 0.372 e. The first-order valence-electron chi connectivity index (χ1n) is 12.2. The monoisotopic (exact) mass is 470 g/mol. The van der Waals surface area contributed by atoms with Crippen molar-refractivity contribution >= 4 is 23.7 Å². The predicted octanol–water partition coefficient (Wildman–Crippen LogP) is 4.71. The van der Waals surface area contributed by atoms with Gasteiger partial charge in [0.1, 0.15) is 0 Å². The maximum atomic E-state index is 13.0. The van der Waals surface area contributed by atoms with E-state index in [-0.39, 0.29) is 18.4 Å². The Kier molecular flexibility index (Phi) is 10.1. The fourth-order valence-corrected chi connectivity index (χ4v) is 3.96. The van der Waals surface area contributed by atoms with Crippen molar-refractivity contribution in [2.24, 2.45) is 5.10 Å². The summed E-state index contributed by atoms with van der Waals surface area (Å²) in [6.07, 6.45) is 3.80. The van der Waals surface area contributed by atoms with Gasteiger partial charge in [-0.2, -0.15) is 5.10 Å². The zero-order valence-electron chi connectivity index (χ0n) is 20.5. The summed E-state index contributed by atoms with van der Waals surface area (Å²) in [5.74, 6) is -1.11. The topological polar surface area (TPSA) is 73.8 Å². The van der Waals surface area contributed by atoms with E-state index in [2.05, 4.69) is 46.7 Å². The molecule has 0 aliphatic rings. The van der Waals surface area contributed by atoms with Gasteiger partial charge in [-0.15, -0.1) is 0 Å². The lowest BCUT2D eigenvalue weighted by molar-refractivity contribution is -0.126. The van der Waals surface area contributed by atoms with Gasteiger partial charge in [0.2, 0.25) is 5.91 Å². The molecule has 0 aliphatic heterocycles. The van der Waals surface area contributed by atoms with Gasteiger partial charge < -0.3 is 10.2 Å². The number of hydrogen-bond acceptors (Lipinski definition) is 4. The SMILES string of the molecule is CCCN(CCC)c1ccc(/C=N\NC(=O)CNC(=O)C(c2ccccc2)c2ccccc2)cc1. The summed E-state index contributed by atoms with van der Waals surface area (Å²) >= 11 is 0. The van der Waals surface area contributed by atoms with Crippen LogP contribution in [0.1, 0.15) is 49.3 Å². The summed E-state index contributed by atoms with van der Waals surface area (Å²) < 4.78 is 0. The molecule has 2 N–H and O–H groups in total. The molecule has 6 nitrogen and oxygen atoms in total. The highest BCUT2D eigenvalue weighted by molar-refractivity contribution is 5.91. The summed E-state index contributed by atoms with van der Waals surface area (Å²) in [5.41, 5.74) is 6.30. The number of amides is 2. The molecule has 0 fully saturated rings. The average molecular weight is 471 g/mol.